The van der Waals surface area contributed by atoms with Crippen LogP contribution in [-0.4, -0.2) is 69.6 Å². The number of carboxylic acid groups (broad SMARTS) is 1. The van der Waals surface area contributed by atoms with Crippen molar-refractivity contribution in [2.24, 2.45) is 11.5 Å². The number of halogens is 3. The Labute approximate surface area is 172 Å². The molecule has 1 amide bonds. The van der Waals surface area contributed by atoms with Gasteiger partial charge in [-0.3, -0.25) is 4.79 Å². The summed E-state index contributed by atoms with van der Waals surface area (Å²) in [6.45, 7) is 0.483. The van der Waals surface area contributed by atoms with Crippen LogP contribution >= 0.6 is 0 Å². The van der Waals surface area contributed by atoms with E-state index >= 15 is 0 Å². The summed E-state index contributed by atoms with van der Waals surface area (Å²) in [5.74, 6) is -2.82. The second-order valence-corrected chi connectivity index (χ2v) is 7.81. The van der Waals surface area contributed by atoms with Gasteiger partial charge in [0.1, 0.15) is 5.75 Å². The van der Waals surface area contributed by atoms with Crippen LogP contribution in [0.25, 0.3) is 0 Å². The van der Waals surface area contributed by atoms with Crippen molar-refractivity contribution in [3.05, 3.63) is 24.3 Å². The first kappa shape index (κ1) is 27.6. The summed E-state index contributed by atoms with van der Waals surface area (Å²) in [5, 5.41) is 7.12. The first-order valence-electron chi connectivity index (χ1n) is 8.38. The van der Waals surface area contributed by atoms with E-state index < -0.39 is 28.5 Å². The zero-order valence-corrected chi connectivity index (χ0v) is 17.4. The van der Waals surface area contributed by atoms with Crippen molar-refractivity contribution in [3.63, 3.8) is 0 Å². The molecule has 5 N–H and O–H groups in total. The number of likely N-dealkylation sites (N-methyl/N-ethyl adjacent to an activating group) is 1. The number of hydrogen-bond acceptors (Lipinski definition) is 7. The lowest BCUT2D eigenvalue weighted by Gasteiger charge is -2.21. The monoisotopic (exact) mass is 458 g/mol. The Hall–Kier alpha value is -2.42. The molecule has 10 nitrogen and oxygen atoms in total. The number of aliphatic carboxylic acids is 1. The second kappa shape index (κ2) is 11.7. The highest BCUT2D eigenvalue weighted by Gasteiger charge is 2.38. The third-order valence-electron chi connectivity index (χ3n) is 3.48. The maximum Gasteiger partial charge on any atom is 0.490 e. The maximum absolute atomic E-state index is 12.2. The summed E-state index contributed by atoms with van der Waals surface area (Å²) in [6, 6.07) is 5.52. The van der Waals surface area contributed by atoms with Gasteiger partial charge in [-0.1, -0.05) is 0 Å². The van der Waals surface area contributed by atoms with Gasteiger partial charge in [-0.2, -0.15) is 25.9 Å². The molecule has 1 aromatic rings. The van der Waals surface area contributed by atoms with Crippen LogP contribution in [0.5, 0.6) is 5.75 Å². The fraction of sp³-hybridized carbons (Fsp3) is 0.500. The number of hydrogen-bond donors (Lipinski definition) is 3. The Bertz CT molecular complexity index is 800. The van der Waals surface area contributed by atoms with Gasteiger partial charge in [0.2, 0.25) is 5.91 Å². The highest BCUT2D eigenvalue weighted by molar-refractivity contribution is 7.84. The molecular formula is C16H25F3N4O6S. The van der Waals surface area contributed by atoms with E-state index in [0.29, 0.717) is 25.1 Å². The van der Waals surface area contributed by atoms with Crippen molar-refractivity contribution < 1.29 is 40.5 Å². The Morgan fingerprint density at radius 3 is 2.00 bits per heavy atom. The van der Waals surface area contributed by atoms with Crippen molar-refractivity contribution >= 4 is 27.9 Å². The quantitative estimate of drug-likeness (QED) is 0.509. The molecule has 1 atom stereocenters. The first-order valence-corrected chi connectivity index (χ1v) is 9.75. The molecule has 0 aliphatic carbocycles. The lowest BCUT2D eigenvalue weighted by molar-refractivity contribution is -0.192. The van der Waals surface area contributed by atoms with Gasteiger partial charge in [-0.25, -0.2) is 4.79 Å². The van der Waals surface area contributed by atoms with Gasteiger partial charge in [-0.05, 0) is 43.7 Å². The number of carbonyl (C=O) groups excluding carboxylic acids is 1. The fourth-order valence-electron chi connectivity index (χ4n) is 1.76. The topological polar surface area (TPSA) is 156 Å². The van der Waals surface area contributed by atoms with Crippen molar-refractivity contribution in [1.82, 2.24) is 4.31 Å². The summed E-state index contributed by atoms with van der Waals surface area (Å²) >= 11 is 0. The molecule has 0 unspecified atom stereocenters. The van der Waals surface area contributed by atoms with Crippen LogP contribution in [-0.2, 0) is 19.9 Å². The largest absolute Gasteiger partial charge is 0.490 e. The number of rotatable bonds is 8. The molecule has 1 rings (SSSR count). The van der Waals surface area contributed by atoms with Gasteiger partial charge >= 0.3 is 22.4 Å². The Morgan fingerprint density at radius 2 is 1.63 bits per heavy atom. The van der Waals surface area contributed by atoms with Crippen LogP contribution in [0.4, 0.5) is 18.9 Å². The minimum atomic E-state index is -5.08. The van der Waals surface area contributed by atoms with E-state index in [1.807, 2.05) is 0 Å². The van der Waals surface area contributed by atoms with E-state index in [1.54, 1.807) is 19.2 Å². The Balaban J connectivity index is 0.00000103. The molecule has 0 fully saturated rings. The van der Waals surface area contributed by atoms with Gasteiger partial charge in [0.25, 0.3) is 0 Å². The number of carbonyl (C=O) groups is 2. The summed E-state index contributed by atoms with van der Waals surface area (Å²) in [7, 11) is 0.553. The van der Waals surface area contributed by atoms with Crippen LogP contribution in [0.3, 0.4) is 0 Å². The number of carboxylic acids is 1. The molecule has 0 spiro atoms. The molecule has 0 aliphatic heterocycles. The van der Waals surface area contributed by atoms with Gasteiger partial charge < -0.3 is 25.7 Å². The summed E-state index contributed by atoms with van der Waals surface area (Å²) in [5.41, 5.74) is 11.8. The third kappa shape index (κ3) is 9.39. The van der Waals surface area contributed by atoms with Crippen LogP contribution in [0, 0.1) is 0 Å². The van der Waals surface area contributed by atoms with Gasteiger partial charge in [0.15, 0.2) is 0 Å². The van der Waals surface area contributed by atoms with Gasteiger partial charge in [0, 0.05) is 26.8 Å². The number of nitrogens with zero attached hydrogens (tertiary/aromatic N) is 2. The molecule has 0 saturated heterocycles. The van der Waals surface area contributed by atoms with Crippen LogP contribution in [0.15, 0.2) is 24.3 Å². The highest BCUT2D eigenvalue weighted by atomic mass is 32.2. The maximum atomic E-state index is 12.2. The third-order valence-corrected chi connectivity index (χ3v) is 4.78. The van der Waals surface area contributed by atoms with Crippen molar-refractivity contribution in [3.8, 4) is 5.75 Å². The first-order chi connectivity index (χ1) is 13.6. The number of amides is 1. The molecule has 1 aromatic carbocycles. The van der Waals surface area contributed by atoms with Crippen LogP contribution in [0.2, 0.25) is 0 Å². The molecule has 0 aromatic heterocycles. The smallest absolute Gasteiger partial charge is 0.475 e. The summed E-state index contributed by atoms with van der Waals surface area (Å²) in [4.78, 5) is 22.5. The molecule has 30 heavy (non-hydrogen) atoms. The molecule has 0 saturated carbocycles. The minimum absolute atomic E-state index is 0.163. The van der Waals surface area contributed by atoms with E-state index in [9.17, 15) is 26.4 Å². The van der Waals surface area contributed by atoms with Gasteiger partial charge in [0.05, 0.1) is 6.04 Å². The van der Waals surface area contributed by atoms with Crippen LogP contribution in [0.1, 0.15) is 12.8 Å². The Kier molecular flexibility index (Phi) is 10.7. The lowest BCUT2D eigenvalue weighted by atomic mass is 10.1. The zero-order chi connectivity index (χ0) is 23.7. The van der Waals surface area contributed by atoms with Crippen LogP contribution < -0.4 is 20.6 Å². The molecule has 0 heterocycles. The van der Waals surface area contributed by atoms with E-state index in [0.717, 1.165) is 4.31 Å². The number of anilines is 1. The summed E-state index contributed by atoms with van der Waals surface area (Å²) in [6.07, 6.45) is -3.89. The van der Waals surface area contributed by atoms with Crippen molar-refractivity contribution in [1.29, 1.82) is 0 Å². The molecule has 0 radical (unpaired) electrons. The normalized spacial score (nSPS) is 12.6. The lowest BCUT2D eigenvalue weighted by Crippen LogP contribution is -2.42. The van der Waals surface area contributed by atoms with Crippen molar-refractivity contribution in [2.45, 2.75) is 25.1 Å². The molecular weight excluding hydrogens is 433 g/mol. The number of nitrogens with two attached hydrogens (primary N) is 2. The van der Waals surface area contributed by atoms with E-state index in [-0.39, 0.29) is 11.7 Å². The van der Waals surface area contributed by atoms with Crippen molar-refractivity contribution in [2.75, 3.05) is 32.6 Å². The van der Waals surface area contributed by atoms with E-state index in [1.165, 1.54) is 31.1 Å². The average molecular weight is 458 g/mol. The Morgan fingerprint density at radius 1 is 1.17 bits per heavy atom. The number of benzene rings is 1. The predicted molar refractivity (Wildman–Crippen MR) is 103 cm³/mol. The van der Waals surface area contributed by atoms with E-state index in [2.05, 4.69) is 0 Å². The second-order valence-electron chi connectivity index (χ2n) is 6.05. The average Bonchev–Trinajstić information content (AvgIpc) is 2.64. The van der Waals surface area contributed by atoms with Gasteiger partial charge in [-0.15, -0.1) is 0 Å². The fourth-order valence-corrected chi connectivity index (χ4v) is 2.26. The number of alkyl halides is 3. The SMILES string of the molecule is CN(C(=O)[C@@H](N)CCCN)c1ccc(OS(=O)(=O)N(C)C)cc1.O=C(O)C(F)(F)F. The van der Waals surface area contributed by atoms with E-state index in [4.69, 9.17) is 25.6 Å². The molecule has 14 heteroatoms. The standard InChI is InChI=1S/C14H24N4O4S.C2HF3O2/c1-17(2)23(20,21)22-12-8-6-11(7-9-12)18(3)14(19)13(16)5-4-10-15;3-2(4,5)1(6)7/h6-9,13H,4-5,10,15-16H2,1-3H3;(H,6,7)/t13-;/m0./s1. The summed E-state index contributed by atoms with van der Waals surface area (Å²) < 4.78 is 60.9. The predicted octanol–water partition coefficient (Wildman–Crippen LogP) is 0.534. The molecule has 172 valence electrons. The minimum Gasteiger partial charge on any atom is -0.475 e. The molecule has 0 aliphatic rings. The molecule has 0 bridgehead atoms. The highest BCUT2D eigenvalue weighted by Crippen LogP contribution is 2.21. The zero-order valence-electron chi connectivity index (χ0n) is 16.6.